The summed E-state index contributed by atoms with van der Waals surface area (Å²) in [5.74, 6) is 0.857. The first-order chi connectivity index (χ1) is 8.44. The zero-order chi connectivity index (χ0) is 13.3. The molecule has 2 fully saturated rings. The first-order valence-electron chi connectivity index (χ1n) is 7.06. The fourth-order valence-electron chi connectivity index (χ4n) is 2.75. The zero-order valence-electron chi connectivity index (χ0n) is 11.7. The van der Waals surface area contributed by atoms with Crippen molar-refractivity contribution < 1.29 is 9.59 Å². The van der Waals surface area contributed by atoms with Gasteiger partial charge in [0.05, 0.1) is 0 Å². The molecule has 1 unspecified atom stereocenters. The minimum absolute atomic E-state index is 0.0166. The van der Waals surface area contributed by atoms with Gasteiger partial charge in [-0.2, -0.15) is 0 Å². The number of carbonyl (C=O) groups is 2. The summed E-state index contributed by atoms with van der Waals surface area (Å²) in [6.07, 6.45) is 5.12. The van der Waals surface area contributed by atoms with Gasteiger partial charge in [-0.1, -0.05) is 19.8 Å². The Morgan fingerprint density at radius 2 is 2.06 bits per heavy atom. The molecule has 0 aromatic rings. The molecule has 1 aliphatic carbocycles. The molecule has 1 N–H and O–H groups in total. The Kier molecular flexibility index (Phi) is 3.64. The highest BCUT2D eigenvalue weighted by Crippen LogP contribution is 2.36. The van der Waals surface area contributed by atoms with Gasteiger partial charge in [0.25, 0.3) is 0 Å². The van der Waals surface area contributed by atoms with Crippen molar-refractivity contribution in [3.05, 3.63) is 0 Å². The number of rotatable bonds is 4. The monoisotopic (exact) mass is 252 g/mol. The zero-order valence-corrected chi connectivity index (χ0v) is 11.7. The smallest absolute Gasteiger partial charge is 0.248 e. The molecule has 1 atom stereocenters. The Balaban J connectivity index is 2.12. The van der Waals surface area contributed by atoms with Gasteiger partial charge in [-0.05, 0) is 32.6 Å². The minimum Gasteiger partial charge on any atom is -0.342 e. The Bertz CT molecular complexity index is 348. The van der Waals surface area contributed by atoms with Crippen LogP contribution >= 0.6 is 0 Å². The Labute approximate surface area is 109 Å². The summed E-state index contributed by atoms with van der Waals surface area (Å²) in [6, 6.07) is 0.303. The average Bonchev–Trinajstić information content (AvgIpc) is 3.09. The second-order valence-corrected chi connectivity index (χ2v) is 6.16. The van der Waals surface area contributed by atoms with Crippen LogP contribution < -0.4 is 5.32 Å². The van der Waals surface area contributed by atoms with Gasteiger partial charge in [-0.3, -0.25) is 9.59 Å². The normalized spacial score (nSPS) is 25.6. The third-order valence-electron chi connectivity index (χ3n) is 4.04. The standard InChI is InChI=1S/C14H24N2O2/c1-4-11(9-10-5-6-10)16-8-7-12(17)15-14(2,3)13(16)18/h10-11H,4-9H2,1-3H3,(H,15,17). The number of nitrogens with one attached hydrogen (secondary N) is 1. The van der Waals surface area contributed by atoms with Crippen LogP contribution in [0.25, 0.3) is 0 Å². The van der Waals surface area contributed by atoms with Gasteiger partial charge in [-0.15, -0.1) is 0 Å². The predicted octanol–water partition coefficient (Wildman–Crippen LogP) is 1.69. The Morgan fingerprint density at radius 3 is 2.61 bits per heavy atom. The van der Waals surface area contributed by atoms with Gasteiger partial charge in [0.2, 0.25) is 11.8 Å². The Morgan fingerprint density at radius 1 is 1.39 bits per heavy atom. The van der Waals surface area contributed by atoms with Gasteiger partial charge >= 0.3 is 0 Å². The summed E-state index contributed by atoms with van der Waals surface area (Å²) in [5.41, 5.74) is -0.759. The summed E-state index contributed by atoms with van der Waals surface area (Å²) in [7, 11) is 0. The van der Waals surface area contributed by atoms with E-state index in [4.69, 9.17) is 0 Å². The van der Waals surface area contributed by atoms with Crippen LogP contribution in [0.15, 0.2) is 0 Å². The second-order valence-electron chi connectivity index (χ2n) is 6.16. The SMILES string of the molecule is CCC(CC1CC1)N1CCC(=O)NC(C)(C)C1=O. The van der Waals surface area contributed by atoms with Crippen LogP contribution in [0.3, 0.4) is 0 Å². The van der Waals surface area contributed by atoms with Gasteiger partial charge in [0.15, 0.2) is 0 Å². The van der Waals surface area contributed by atoms with Crippen molar-refractivity contribution in [1.82, 2.24) is 10.2 Å². The molecule has 4 nitrogen and oxygen atoms in total. The molecule has 18 heavy (non-hydrogen) atoms. The second kappa shape index (κ2) is 4.90. The highest BCUT2D eigenvalue weighted by Gasteiger charge is 2.40. The van der Waals surface area contributed by atoms with E-state index < -0.39 is 5.54 Å². The van der Waals surface area contributed by atoms with E-state index in [-0.39, 0.29) is 11.8 Å². The van der Waals surface area contributed by atoms with E-state index in [1.54, 1.807) is 13.8 Å². The molecular weight excluding hydrogens is 228 g/mol. The molecule has 102 valence electrons. The molecule has 1 saturated carbocycles. The van der Waals surface area contributed by atoms with Crippen LogP contribution in [0.2, 0.25) is 0 Å². The highest BCUT2D eigenvalue weighted by molar-refractivity contribution is 5.93. The predicted molar refractivity (Wildman–Crippen MR) is 70.0 cm³/mol. The van der Waals surface area contributed by atoms with Crippen LogP contribution in [-0.2, 0) is 9.59 Å². The summed E-state index contributed by atoms with van der Waals surface area (Å²) < 4.78 is 0. The quantitative estimate of drug-likeness (QED) is 0.827. The molecule has 1 saturated heterocycles. The molecule has 1 heterocycles. The van der Waals surface area contributed by atoms with E-state index in [0.717, 1.165) is 18.8 Å². The van der Waals surface area contributed by atoms with Crippen molar-refractivity contribution in [2.75, 3.05) is 6.54 Å². The van der Waals surface area contributed by atoms with Crippen molar-refractivity contribution in [3.63, 3.8) is 0 Å². The average molecular weight is 252 g/mol. The molecule has 1 aliphatic heterocycles. The van der Waals surface area contributed by atoms with Crippen LogP contribution in [0.5, 0.6) is 0 Å². The molecule has 2 amide bonds. The van der Waals surface area contributed by atoms with Crippen molar-refractivity contribution in [1.29, 1.82) is 0 Å². The molecule has 2 rings (SSSR count). The molecule has 4 heteroatoms. The lowest BCUT2D eigenvalue weighted by Gasteiger charge is -2.34. The fraction of sp³-hybridized carbons (Fsp3) is 0.857. The van der Waals surface area contributed by atoms with Gasteiger partial charge < -0.3 is 10.2 Å². The maximum Gasteiger partial charge on any atom is 0.248 e. The van der Waals surface area contributed by atoms with Gasteiger partial charge in [-0.25, -0.2) is 0 Å². The van der Waals surface area contributed by atoms with E-state index in [1.807, 2.05) is 4.90 Å². The maximum absolute atomic E-state index is 12.5. The molecule has 0 aromatic carbocycles. The van der Waals surface area contributed by atoms with Crippen molar-refractivity contribution in [2.24, 2.45) is 5.92 Å². The first-order valence-corrected chi connectivity index (χ1v) is 7.06. The summed E-state index contributed by atoms with van der Waals surface area (Å²) in [4.78, 5) is 26.1. The first kappa shape index (κ1) is 13.4. The van der Waals surface area contributed by atoms with E-state index in [0.29, 0.717) is 19.0 Å². The molecule has 2 aliphatic rings. The van der Waals surface area contributed by atoms with E-state index in [1.165, 1.54) is 12.8 Å². The largest absolute Gasteiger partial charge is 0.342 e. The summed E-state index contributed by atoms with van der Waals surface area (Å²) >= 11 is 0. The summed E-state index contributed by atoms with van der Waals surface area (Å²) in [5, 5.41) is 2.82. The lowest BCUT2D eigenvalue weighted by atomic mass is 10.00. The minimum atomic E-state index is -0.759. The third kappa shape index (κ3) is 2.85. The van der Waals surface area contributed by atoms with E-state index >= 15 is 0 Å². The van der Waals surface area contributed by atoms with Gasteiger partial charge in [0.1, 0.15) is 5.54 Å². The summed E-state index contributed by atoms with van der Waals surface area (Å²) in [6.45, 7) is 6.30. The van der Waals surface area contributed by atoms with Crippen LogP contribution in [0, 0.1) is 5.92 Å². The third-order valence-corrected chi connectivity index (χ3v) is 4.04. The number of hydrogen-bond donors (Lipinski definition) is 1. The Hall–Kier alpha value is -1.06. The number of nitrogens with zero attached hydrogens (tertiary/aromatic N) is 1. The molecular formula is C14H24N2O2. The highest BCUT2D eigenvalue weighted by atomic mass is 16.2. The van der Waals surface area contributed by atoms with Crippen LogP contribution in [0.1, 0.15) is 52.9 Å². The van der Waals surface area contributed by atoms with Crippen LogP contribution in [-0.4, -0.2) is 34.8 Å². The number of amides is 2. The van der Waals surface area contributed by atoms with Crippen molar-refractivity contribution in [3.8, 4) is 0 Å². The lowest BCUT2D eigenvalue weighted by Crippen LogP contribution is -2.55. The van der Waals surface area contributed by atoms with Crippen molar-refractivity contribution in [2.45, 2.75) is 64.5 Å². The van der Waals surface area contributed by atoms with E-state index in [2.05, 4.69) is 12.2 Å². The maximum atomic E-state index is 12.5. The molecule has 0 aromatic heterocycles. The van der Waals surface area contributed by atoms with Crippen molar-refractivity contribution >= 4 is 11.8 Å². The van der Waals surface area contributed by atoms with Crippen LogP contribution in [0.4, 0.5) is 0 Å². The fourth-order valence-corrected chi connectivity index (χ4v) is 2.75. The lowest BCUT2D eigenvalue weighted by molar-refractivity contribution is -0.139. The molecule has 0 radical (unpaired) electrons. The van der Waals surface area contributed by atoms with Gasteiger partial charge in [0, 0.05) is 19.0 Å². The number of hydrogen-bond acceptors (Lipinski definition) is 2. The molecule has 0 spiro atoms. The number of carbonyl (C=O) groups excluding carboxylic acids is 2. The molecule has 0 bridgehead atoms. The topological polar surface area (TPSA) is 49.4 Å². The van der Waals surface area contributed by atoms with E-state index in [9.17, 15) is 9.59 Å².